The van der Waals surface area contributed by atoms with E-state index in [4.69, 9.17) is 5.73 Å². The molecule has 0 spiro atoms. The summed E-state index contributed by atoms with van der Waals surface area (Å²) in [5, 5.41) is 3.26. The number of ketones is 2. The number of unbranched alkanes of at least 4 members (excludes halogenated alkanes) is 2. The van der Waals surface area contributed by atoms with Crippen molar-refractivity contribution >= 4 is 17.3 Å². The molecule has 3 N–H and O–H groups in total. The number of aryl methyl sites for hydroxylation is 1. The second-order valence-electron chi connectivity index (χ2n) is 7.87. The van der Waals surface area contributed by atoms with Gasteiger partial charge in [0.2, 0.25) is 0 Å². The van der Waals surface area contributed by atoms with E-state index in [0.29, 0.717) is 17.0 Å². The van der Waals surface area contributed by atoms with Gasteiger partial charge in [-0.3, -0.25) is 9.59 Å². The maximum Gasteiger partial charge on any atom is 0.188 e. The molecule has 31 heavy (non-hydrogen) atoms. The number of nitrogens with one attached hydrogen (secondary N) is 1. The number of carbonyl (C=O) groups excluding carboxylic acids is 2. The first kappa shape index (κ1) is 20.6. The highest BCUT2D eigenvalue weighted by Crippen LogP contribution is 2.30. The molecule has 2 aliphatic carbocycles. The number of benzene rings is 2. The van der Waals surface area contributed by atoms with Crippen LogP contribution in [0.2, 0.25) is 0 Å². The van der Waals surface area contributed by atoms with Crippen LogP contribution in [0.1, 0.15) is 31.7 Å². The van der Waals surface area contributed by atoms with E-state index in [1.807, 2.05) is 24.3 Å². The molecule has 4 heteroatoms. The van der Waals surface area contributed by atoms with Gasteiger partial charge in [-0.05, 0) is 66.0 Å². The van der Waals surface area contributed by atoms with Gasteiger partial charge in [-0.25, -0.2) is 0 Å². The molecule has 0 aromatic heterocycles. The standard InChI is InChI=1S/C27H26N2O2/c1-2-3-4-5-18-6-8-19(9-7-18)20-10-12-21(13-11-20)29-23-15-17-24(30)26-22(28)14-16-25(31)27(23)26/h6-17,29H,2-5,28H2,1H3. The predicted octanol–water partition coefficient (Wildman–Crippen LogP) is 5.24. The van der Waals surface area contributed by atoms with Crippen molar-refractivity contribution in [3.63, 3.8) is 0 Å². The van der Waals surface area contributed by atoms with Crippen LogP contribution in [-0.2, 0) is 16.0 Å². The number of fused-ring (bicyclic) bond motifs is 1. The van der Waals surface area contributed by atoms with Crippen LogP contribution in [0, 0.1) is 0 Å². The molecule has 0 unspecified atom stereocenters. The van der Waals surface area contributed by atoms with Crippen LogP contribution in [0.3, 0.4) is 0 Å². The fourth-order valence-electron chi connectivity index (χ4n) is 3.91. The van der Waals surface area contributed by atoms with Crippen LogP contribution < -0.4 is 11.1 Å². The van der Waals surface area contributed by atoms with E-state index < -0.39 is 0 Å². The first-order chi connectivity index (χ1) is 15.1. The lowest BCUT2D eigenvalue weighted by molar-refractivity contribution is -0.114. The maximum atomic E-state index is 12.4. The van der Waals surface area contributed by atoms with E-state index in [9.17, 15) is 9.59 Å². The van der Waals surface area contributed by atoms with Crippen molar-refractivity contribution < 1.29 is 9.59 Å². The van der Waals surface area contributed by atoms with Gasteiger partial charge in [0, 0.05) is 11.4 Å². The zero-order valence-electron chi connectivity index (χ0n) is 17.7. The van der Waals surface area contributed by atoms with Gasteiger partial charge in [0.25, 0.3) is 0 Å². The molecule has 0 bridgehead atoms. The predicted molar refractivity (Wildman–Crippen MR) is 125 cm³/mol. The van der Waals surface area contributed by atoms with Crippen LogP contribution in [0.4, 0.5) is 5.69 Å². The summed E-state index contributed by atoms with van der Waals surface area (Å²) in [6, 6.07) is 16.8. The second-order valence-corrected chi connectivity index (χ2v) is 7.87. The molecule has 0 aliphatic heterocycles. The smallest absolute Gasteiger partial charge is 0.188 e. The first-order valence-electron chi connectivity index (χ1n) is 10.7. The third-order valence-electron chi connectivity index (χ3n) is 5.64. The SMILES string of the molecule is CCCCCc1ccc(-c2ccc(NC3=C4C(=O)C=CC(N)=C4C(=O)C=C3)cc2)cc1. The molecule has 0 saturated carbocycles. The summed E-state index contributed by atoms with van der Waals surface area (Å²) in [7, 11) is 0. The lowest BCUT2D eigenvalue weighted by atomic mass is 9.86. The molecular weight excluding hydrogens is 384 g/mol. The Bertz CT molecular complexity index is 1130. The highest BCUT2D eigenvalue weighted by atomic mass is 16.1. The summed E-state index contributed by atoms with van der Waals surface area (Å²) < 4.78 is 0. The van der Waals surface area contributed by atoms with Crippen LogP contribution in [0.5, 0.6) is 0 Å². The van der Waals surface area contributed by atoms with Gasteiger partial charge in [0.1, 0.15) is 0 Å². The molecule has 0 atom stereocenters. The fourth-order valence-corrected chi connectivity index (χ4v) is 3.91. The largest absolute Gasteiger partial charge is 0.398 e. The van der Waals surface area contributed by atoms with Gasteiger partial charge in [0.05, 0.1) is 16.8 Å². The summed E-state index contributed by atoms with van der Waals surface area (Å²) in [4.78, 5) is 24.6. The topological polar surface area (TPSA) is 72.2 Å². The minimum absolute atomic E-state index is 0.222. The van der Waals surface area contributed by atoms with E-state index in [2.05, 4.69) is 36.5 Å². The lowest BCUT2D eigenvalue weighted by Gasteiger charge is -2.21. The van der Waals surface area contributed by atoms with E-state index in [1.165, 1.54) is 48.6 Å². The highest BCUT2D eigenvalue weighted by molar-refractivity contribution is 6.23. The minimum atomic E-state index is -0.246. The van der Waals surface area contributed by atoms with Crippen molar-refractivity contribution in [3.05, 3.63) is 101 Å². The Morgan fingerprint density at radius 3 is 2.03 bits per heavy atom. The Morgan fingerprint density at radius 1 is 0.742 bits per heavy atom. The van der Waals surface area contributed by atoms with Gasteiger partial charge in [-0.2, -0.15) is 0 Å². The molecule has 0 fully saturated rings. The number of rotatable bonds is 7. The van der Waals surface area contributed by atoms with Crippen molar-refractivity contribution in [2.24, 2.45) is 5.73 Å². The van der Waals surface area contributed by atoms with Crippen molar-refractivity contribution in [1.82, 2.24) is 0 Å². The number of hydrogen-bond donors (Lipinski definition) is 2. The quantitative estimate of drug-likeness (QED) is 0.612. The first-order valence-corrected chi connectivity index (χ1v) is 10.7. The Balaban J connectivity index is 1.51. The fraction of sp³-hybridized carbons (Fsp3) is 0.185. The monoisotopic (exact) mass is 410 g/mol. The maximum absolute atomic E-state index is 12.4. The summed E-state index contributed by atoms with van der Waals surface area (Å²) >= 11 is 0. The zero-order chi connectivity index (χ0) is 21.8. The summed E-state index contributed by atoms with van der Waals surface area (Å²) in [5.74, 6) is -0.468. The second kappa shape index (κ2) is 9.00. The summed E-state index contributed by atoms with van der Waals surface area (Å²) in [5.41, 5.74) is 11.9. The van der Waals surface area contributed by atoms with Crippen LogP contribution in [0.25, 0.3) is 11.1 Å². The van der Waals surface area contributed by atoms with Gasteiger partial charge in [0.15, 0.2) is 11.6 Å². The normalized spacial score (nSPS) is 15.5. The highest BCUT2D eigenvalue weighted by Gasteiger charge is 2.29. The summed E-state index contributed by atoms with van der Waals surface area (Å²) in [6.07, 6.45) is 10.8. The van der Waals surface area contributed by atoms with Gasteiger partial charge in [-0.1, -0.05) is 56.2 Å². The van der Waals surface area contributed by atoms with Crippen molar-refractivity contribution in [2.45, 2.75) is 32.6 Å². The number of allylic oxidation sites excluding steroid dienone is 6. The van der Waals surface area contributed by atoms with Crippen molar-refractivity contribution in [3.8, 4) is 11.1 Å². The molecule has 2 aromatic rings. The van der Waals surface area contributed by atoms with E-state index in [-0.39, 0.29) is 17.1 Å². The molecule has 0 heterocycles. The summed E-state index contributed by atoms with van der Waals surface area (Å²) in [6.45, 7) is 2.22. The van der Waals surface area contributed by atoms with Gasteiger partial charge >= 0.3 is 0 Å². The number of nitrogens with two attached hydrogens (primary N) is 1. The van der Waals surface area contributed by atoms with Gasteiger partial charge < -0.3 is 11.1 Å². The van der Waals surface area contributed by atoms with Crippen LogP contribution in [-0.4, -0.2) is 11.6 Å². The molecular formula is C27H26N2O2. The van der Waals surface area contributed by atoms with E-state index in [0.717, 1.165) is 17.7 Å². The van der Waals surface area contributed by atoms with E-state index in [1.54, 1.807) is 6.08 Å². The van der Waals surface area contributed by atoms with Gasteiger partial charge in [-0.15, -0.1) is 0 Å². The Kier molecular flexibility index (Phi) is 5.99. The molecule has 156 valence electrons. The van der Waals surface area contributed by atoms with E-state index >= 15 is 0 Å². The molecule has 2 aliphatic rings. The zero-order valence-corrected chi connectivity index (χ0v) is 17.7. The number of anilines is 1. The third-order valence-corrected chi connectivity index (χ3v) is 5.64. The van der Waals surface area contributed by atoms with Crippen LogP contribution in [0.15, 0.2) is 95.4 Å². The average molecular weight is 411 g/mol. The molecule has 0 radical (unpaired) electrons. The molecule has 2 aromatic carbocycles. The molecule has 0 saturated heterocycles. The Hall–Kier alpha value is -3.66. The number of hydrogen-bond acceptors (Lipinski definition) is 4. The van der Waals surface area contributed by atoms with Crippen molar-refractivity contribution in [2.75, 3.05) is 5.32 Å². The molecule has 0 amide bonds. The molecule has 4 nitrogen and oxygen atoms in total. The Morgan fingerprint density at radius 2 is 1.35 bits per heavy atom. The third kappa shape index (κ3) is 4.43. The average Bonchev–Trinajstić information content (AvgIpc) is 2.79. The number of carbonyl (C=O) groups is 2. The van der Waals surface area contributed by atoms with Crippen LogP contribution >= 0.6 is 0 Å². The molecule has 4 rings (SSSR count). The lowest BCUT2D eigenvalue weighted by Crippen LogP contribution is -2.24. The minimum Gasteiger partial charge on any atom is -0.398 e. The van der Waals surface area contributed by atoms with Crippen molar-refractivity contribution in [1.29, 1.82) is 0 Å². The Labute approximate surface area is 182 Å².